The maximum absolute atomic E-state index is 11.7. The van der Waals surface area contributed by atoms with E-state index in [2.05, 4.69) is 6.92 Å². The summed E-state index contributed by atoms with van der Waals surface area (Å²) >= 11 is 0. The summed E-state index contributed by atoms with van der Waals surface area (Å²) in [5.74, 6) is 2.76. The average molecular weight is 164 g/mol. The summed E-state index contributed by atoms with van der Waals surface area (Å²) in [6.45, 7) is 2.37. The van der Waals surface area contributed by atoms with Crippen molar-refractivity contribution < 1.29 is 4.79 Å². The van der Waals surface area contributed by atoms with Crippen LogP contribution in [0.4, 0.5) is 0 Å². The van der Waals surface area contributed by atoms with Crippen LogP contribution in [0.5, 0.6) is 0 Å². The summed E-state index contributed by atoms with van der Waals surface area (Å²) in [6.07, 6.45) is 6.19. The van der Waals surface area contributed by atoms with Crippen LogP contribution in [-0.2, 0) is 4.79 Å². The number of carbonyl (C=O) groups is 1. The molecule has 12 heavy (non-hydrogen) atoms. The Kier molecular flexibility index (Phi) is 1.15. The first-order valence-electron chi connectivity index (χ1n) is 5.24. The third-order valence-electron chi connectivity index (χ3n) is 4.84. The van der Waals surface area contributed by atoms with Gasteiger partial charge < -0.3 is 0 Å². The number of ketones is 1. The van der Waals surface area contributed by atoms with Crippen LogP contribution in [0.2, 0.25) is 0 Å². The fourth-order valence-corrected chi connectivity index (χ4v) is 4.25. The summed E-state index contributed by atoms with van der Waals surface area (Å²) in [5, 5.41) is 0. The molecule has 0 aromatic rings. The molecule has 3 fully saturated rings. The Morgan fingerprint density at radius 2 is 2.25 bits per heavy atom. The van der Waals surface area contributed by atoms with E-state index in [0.29, 0.717) is 17.1 Å². The van der Waals surface area contributed by atoms with Crippen molar-refractivity contribution >= 4 is 5.78 Å². The molecule has 0 aromatic carbocycles. The zero-order valence-electron chi connectivity index (χ0n) is 7.68. The van der Waals surface area contributed by atoms with Gasteiger partial charge in [0.05, 0.1) is 0 Å². The smallest absolute Gasteiger partial charge is 0.136 e. The molecule has 0 aliphatic heterocycles. The zero-order valence-corrected chi connectivity index (χ0v) is 7.68. The van der Waals surface area contributed by atoms with Crippen molar-refractivity contribution in [3.05, 3.63) is 0 Å². The van der Waals surface area contributed by atoms with Gasteiger partial charge >= 0.3 is 0 Å². The monoisotopic (exact) mass is 164 g/mol. The molecule has 0 unspecified atom stereocenters. The van der Waals surface area contributed by atoms with Gasteiger partial charge in [0.2, 0.25) is 0 Å². The number of hydrogen-bond donors (Lipinski definition) is 0. The Morgan fingerprint density at radius 3 is 3.00 bits per heavy atom. The van der Waals surface area contributed by atoms with Crippen molar-refractivity contribution in [3.8, 4) is 0 Å². The summed E-state index contributed by atoms with van der Waals surface area (Å²) < 4.78 is 0. The summed E-state index contributed by atoms with van der Waals surface area (Å²) in [4.78, 5) is 11.7. The molecule has 3 saturated carbocycles. The van der Waals surface area contributed by atoms with Gasteiger partial charge in [0, 0.05) is 12.3 Å². The van der Waals surface area contributed by atoms with Crippen molar-refractivity contribution in [2.24, 2.45) is 23.2 Å². The van der Waals surface area contributed by atoms with Crippen molar-refractivity contribution in [3.63, 3.8) is 0 Å². The van der Waals surface area contributed by atoms with Crippen LogP contribution in [0.3, 0.4) is 0 Å². The average Bonchev–Trinajstić information content (AvgIpc) is 2.63. The van der Waals surface area contributed by atoms with E-state index < -0.39 is 0 Å². The molecule has 66 valence electrons. The van der Waals surface area contributed by atoms with Crippen LogP contribution in [0, 0.1) is 23.2 Å². The first kappa shape index (κ1) is 7.11. The number of hydrogen-bond acceptors (Lipinski definition) is 1. The van der Waals surface area contributed by atoms with Crippen LogP contribution < -0.4 is 0 Å². The van der Waals surface area contributed by atoms with E-state index in [4.69, 9.17) is 0 Å². The fourth-order valence-electron chi connectivity index (χ4n) is 4.25. The lowest BCUT2D eigenvalue weighted by Gasteiger charge is -2.34. The molecule has 3 rings (SSSR count). The molecular formula is C11H16O. The fraction of sp³-hybridized carbons (Fsp3) is 0.909. The Morgan fingerprint density at radius 1 is 1.42 bits per heavy atom. The largest absolute Gasteiger partial charge is 0.299 e. The van der Waals surface area contributed by atoms with Gasteiger partial charge in [-0.25, -0.2) is 0 Å². The molecule has 0 aromatic heterocycles. The molecule has 4 atom stereocenters. The number of carbonyl (C=O) groups excluding carboxylic acids is 1. The topological polar surface area (TPSA) is 17.1 Å². The molecule has 0 heterocycles. The second-order valence-corrected chi connectivity index (χ2v) is 5.22. The minimum atomic E-state index is 0.444. The standard InChI is InChI=1S/C11H16O/c1-11-5-4-9(12)10(11)7-2-3-8(11)6-7/h7-8,10H,2-6H2,1H3/t7-,8+,10-,11-/m0/s1. The number of rotatable bonds is 0. The van der Waals surface area contributed by atoms with Crippen LogP contribution in [0.15, 0.2) is 0 Å². The molecule has 0 saturated heterocycles. The molecule has 0 N–H and O–H groups in total. The van der Waals surface area contributed by atoms with Gasteiger partial charge in [0.15, 0.2) is 0 Å². The molecule has 0 amide bonds. The molecular weight excluding hydrogens is 148 g/mol. The molecule has 1 heteroatoms. The summed E-state index contributed by atoms with van der Waals surface area (Å²) in [6, 6.07) is 0. The molecule has 0 radical (unpaired) electrons. The highest BCUT2D eigenvalue weighted by atomic mass is 16.1. The molecule has 3 aliphatic carbocycles. The highest BCUT2D eigenvalue weighted by Gasteiger charge is 2.60. The normalized spacial score (nSPS) is 56.4. The maximum atomic E-state index is 11.7. The van der Waals surface area contributed by atoms with Crippen LogP contribution in [-0.4, -0.2) is 5.78 Å². The molecule has 0 spiro atoms. The van der Waals surface area contributed by atoms with Gasteiger partial charge in [-0.05, 0) is 42.9 Å². The van der Waals surface area contributed by atoms with Gasteiger partial charge in [-0.2, -0.15) is 0 Å². The minimum Gasteiger partial charge on any atom is -0.299 e. The quantitative estimate of drug-likeness (QED) is 0.537. The molecule has 3 aliphatic rings. The molecule has 1 nitrogen and oxygen atoms in total. The van der Waals surface area contributed by atoms with Gasteiger partial charge in [0.25, 0.3) is 0 Å². The van der Waals surface area contributed by atoms with E-state index in [1.807, 2.05) is 0 Å². The van der Waals surface area contributed by atoms with E-state index in [9.17, 15) is 4.79 Å². The first-order valence-corrected chi connectivity index (χ1v) is 5.24. The van der Waals surface area contributed by atoms with Crippen LogP contribution in [0.25, 0.3) is 0 Å². The zero-order chi connectivity index (χ0) is 8.34. The van der Waals surface area contributed by atoms with Crippen molar-refractivity contribution in [2.75, 3.05) is 0 Å². The Bertz CT molecular complexity index is 245. The van der Waals surface area contributed by atoms with Crippen LogP contribution >= 0.6 is 0 Å². The Labute approximate surface area is 73.5 Å². The van der Waals surface area contributed by atoms with Gasteiger partial charge in [-0.3, -0.25) is 4.79 Å². The van der Waals surface area contributed by atoms with Crippen LogP contribution in [0.1, 0.15) is 39.0 Å². The van der Waals surface area contributed by atoms with Gasteiger partial charge in [-0.15, -0.1) is 0 Å². The lowest BCUT2D eigenvalue weighted by molar-refractivity contribution is -0.123. The Hall–Kier alpha value is -0.330. The molecule has 2 bridgehead atoms. The third kappa shape index (κ3) is 0.605. The lowest BCUT2D eigenvalue weighted by Crippen LogP contribution is -2.31. The van der Waals surface area contributed by atoms with E-state index in [1.165, 1.54) is 25.7 Å². The predicted molar refractivity (Wildman–Crippen MR) is 46.7 cm³/mol. The first-order chi connectivity index (χ1) is 5.72. The minimum absolute atomic E-state index is 0.444. The van der Waals surface area contributed by atoms with Crippen molar-refractivity contribution in [1.29, 1.82) is 0 Å². The summed E-state index contributed by atoms with van der Waals surface area (Å²) in [7, 11) is 0. The van der Waals surface area contributed by atoms with E-state index in [1.54, 1.807) is 0 Å². The second-order valence-electron chi connectivity index (χ2n) is 5.22. The predicted octanol–water partition coefficient (Wildman–Crippen LogP) is 2.40. The highest BCUT2D eigenvalue weighted by molar-refractivity contribution is 5.85. The van der Waals surface area contributed by atoms with Crippen molar-refractivity contribution in [2.45, 2.75) is 39.0 Å². The van der Waals surface area contributed by atoms with Gasteiger partial charge in [0.1, 0.15) is 5.78 Å². The van der Waals surface area contributed by atoms with E-state index in [-0.39, 0.29) is 0 Å². The second kappa shape index (κ2) is 1.94. The van der Waals surface area contributed by atoms with Crippen molar-refractivity contribution in [1.82, 2.24) is 0 Å². The number of fused-ring (bicyclic) bond motifs is 5. The number of Topliss-reactive ketones (excluding diaryl/α,β-unsaturated/α-hetero) is 1. The SMILES string of the molecule is C[C@@]12CCC(=O)[C@@H]1[C@H]1CC[C@@H]2C1. The lowest BCUT2D eigenvalue weighted by atomic mass is 9.69. The summed E-state index contributed by atoms with van der Waals surface area (Å²) in [5.41, 5.74) is 0.444. The maximum Gasteiger partial charge on any atom is 0.136 e. The Balaban J connectivity index is 2.05. The third-order valence-corrected chi connectivity index (χ3v) is 4.84. The van der Waals surface area contributed by atoms with E-state index in [0.717, 1.165) is 18.3 Å². The van der Waals surface area contributed by atoms with E-state index >= 15 is 0 Å². The van der Waals surface area contributed by atoms with Gasteiger partial charge in [-0.1, -0.05) is 6.92 Å². The highest BCUT2D eigenvalue weighted by Crippen LogP contribution is 2.64.